The number of nitrogens with two attached hydrogens (primary N) is 1. The summed E-state index contributed by atoms with van der Waals surface area (Å²) in [4.78, 5) is 71.7. The number of carboxylic acids is 3. The number of aromatic hydroxyl groups is 1. The second kappa shape index (κ2) is 16.1. The number of hydrogen-bond acceptors (Lipinski definition) is 9. The smallest absolute Gasteiger partial charge is 0.326 e. The molecule has 0 saturated heterocycles. The minimum atomic E-state index is -1.73. The molecule has 0 aromatic heterocycles. The highest BCUT2D eigenvalue weighted by Crippen LogP contribution is 2.12. The number of amides is 3. The predicted octanol–water partition coefficient (Wildman–Crippen LogP) is -1.11. The highest BCUT2D eigenvalue weighted by Gasteiger charge is 2.31. The maximum Gasteiger partial charge on any atom is 0.326 e. The van der Waals surface area contributed by atoms with Crippen LogP contribution in [0.3, 0.4) is 0 Å². The molecule has 15 heteroatoms. The van der Waals surface area contributed by atoms with E-state index in [-0.39, 0.29) is 31.4 Å². The molecule has 4 unspecified atom stereocenters. The number of rotatable bonds is 17. The molecule has 0 bridgehead atoms. The third kappa shape index (κ3) is 11.9. The fourth-order valence-corrected chi connectivity index (χ4v) is 3.66. The minimum Gasteiger partial charge on any atom is -0.508 e. The van der Waals surface area contributed by atoms with E-state index in [1.165, 1.54) is 36.0 Å². The molecule has 4 atom stereocenters. The van der Waals surface area contributed by atoms with E-state index in [1.807, 2.05) is 0 Å². The molecule has 0 fully saturated rings. The first-order chi connectivity index (χ1) is 17.8. The Hall–Kier alpha value is -3.85. The second-order valence-electron chi connectivity index (χ2n) is 8.31. The molecule has 1 aromatic carbocycles. The fraction of sp³-hybridized carbons (Fsp3) is 0.478. The van der Waals surface area contributed by atoms with Crippen LogP contribution in [0.25, 0.3) is 0 Å². The lowest BCUT2D eigenvalue weighted by atomic mass is 10.0. The van der Waals surface area contributed by atoms with Crippen molar-refractivity contribution in [3.63, 3.8) is 0 Å². The van der Waals surface area contributed by atoms with Gasteiger partial charge in [0.05, 0.1) is 12.5 Å². The van der Waals surface area contributed by atoms with Crippen molar-refractivity contribution in [2.45, 2.75) is 56.3 Å². The molecule has 0 aliphatic carbocycles. The van der Waals surface area contributed by atoms with Crippen LogP contribution in [0.2, 0.25) is 0 Å². The number of nitrogens with one attached hydrogen (secondary N) is 3. The first-order valence-corrected chi connectivity index (χ1v) is 12.8. The van der Waals surface area contributed by atoms with Gasteiger partial charge in [-0.15, -0.1) is 0 Å². The van der Waals surface area contributed by atoms with Crippen molar-refractivity contribution < 1.29 is 49.2 Å². The molecule has 3 amide bonds. The van der Waals surface area contributed by atoms with Crippen molar-refractivity contribution in [2.24, 2.45) is 5.73 Å². The lowest BCUT2D eigenvalue weighted by Gasteiger charge is -2.25. The van der Waals surface area contributed by atoms with Gasteiger partial charge in [-0.25, -0.2) is 4.79 Å². The highest BCUT2D eigenvalue weighted by atomic mass is 32.2. The Labute approximate surface area is 222 Å². The number of benzene rings is 1. The number of aliphatic carboxylic acids is 3. The van der Waals surface area contributed by atoms with Gasteiger partial charge in [0, 0.05) is 12.8 Å². The molecule has 9 N–H and O–H groups in total. The molecule has 0 radical (unpaired) electrons. The van der Waals surface area contributed by atoms with Gasteiger partial charge in [-0.1, -0.05) is 12.1 Å². The Balaban J connectivity index is 3.12. The standard InChI is InChI=1S/C23H32N4O10S/c1-38-9-8-15(21(34)27-17(23(36)37)11-19(31)32)25-22(35)16(10-12-2-4-13(28)5-3-12)26-20(33)14(24)6-7-18(29)30/h2-5,14-17,28H,6-11,24H2,1H3,(H,25,35)(H,26,33)(H,27,34)(H,29,30)(H,31,32)(H,36,37). The molecule has 0 spiro atoms. The zero-order valence-corrected chi connectivity index (χ0v) is 21.4. The van der Waals surface area contributed by atoms with Crippen LogP contribution < -0.4 is 21.7 Å². The van der Waals surface area contributed by atoms with Gasteiger partial charge in [0.15, 0.2) is 0 Å². The summed E-state index contributed by atoms with van der Waals surface area (Å²) in [5.74, 6) is -6.36. The van der Waals surface area contributed by atoms with Crippen LogP contribution in [0.5, 0.6) is 5.75 Å². The first kappa shape index (κ1) is 32.2. The van der Waals surface area contributed by atoms with E-state index in [1.54, 1.807) is 6.26 Å². The van der Waals surface area contributed by atoms with Crippen LogP contribution in [-0.4, -0.2) is 92.2 Å². The van der Waals surface area contributed by atoms with Crippen molar-refractivity contribution in [3.05, 3.63) is 29.8 Å². The summed E-state index contributed by atoms with van der Waals surface area (Å²) in [6, 6.07) is 0.257. The van der Waals surface area contributed by atoms with Gasteiger partial charge >= 0.3 is 17.9 Å². The van der Waals surface area contributed by atoms with Gasteiger partial charge in [-0.3, -0.25) is 24.0 Å². The van der Waals surface area contributed by atoms with E-state index in [0.717, 1.165) is 0 Å². The Kier molecular flexibility index (Phi) is 13.6. The lowest BCUT2D eigenvalue weighted by molar-refractivity contribution is -0.147. The zero-order chi connectivity index (χ0) is 28.8. The maximum atomic E-state index is 13.2. The second-order valence-corrected chi connectivity index (χ2v) is 9.30. The zero-order valence-electron chi connectivity index (χ0n) is 20.6. The molecular weight excluding hydrogens is 524 g/mol. The Morgan fingerprint density at radius 2 is 1.37 bits per heavy atom. The number of hydrogen-bond donors (Lipinski definition) is 8. The van der Waals surface area contributed by atoms with E-state index >= 15 is 0 Å². The van der Waals surface area contributed by atoms with Gasteiger partial charge in [-0.05, 0) is 42.5 Å². The molecule has 1 aromatic rings. The fourth-order valence-electron chi connectivity index (χ4n) is 3.19. The van der Waals surface area contributed by atoms with Crippen molar-refractivity contribution in [3.8, 4) is 5.75 Å². The van der Waals surface area contributed by atoms with Crippen LogP contribution >= 0.6 is 11.8 Å². The Morgan fingerprint density at radius 3 is 1.89 bits per heavy atom. The quantitative estimate of drug-likeness (QED) is 0.114. The summed E-state index contributed by atoms with van der Waals surface area (Å²) in [6.45, 7) is 0. The van der Waals surface area contributed by atoms with Crippen molar-refractivity contribution in [2.75, 3.05) is 12.0 Å². The van der Waals surface area contributed by atoms with Gasteiger partial charge in [-0.2, -0.15) is 11.8 Å². The molecule has 38 heavy (non-hydrogen) atoms. The molecule has 14 nitrogen and oxygen atoms in total. The molecule has 1 rings (SSSR count). The normalized spacial score (nSPS) is 13.8. The highest BCUT2D eigenvalue weighted by molar-refractivity contribution is 7.98. The van der Waals surface area contributed by atoms with Gasteiger partial charge in [0.2, 0.25) is 17.7 Å². The maximum absolute atomic E-state index is 13.2. The molecule has 0 aliphatic heterocycles. The minimum absolute atomic E-state index is 0.0300. The molecule has 0 saturated carbocycles. The third-order valence-electron chi connectivity index (χ3n) is 5.25. The number of carbonyl (C=O) groups is 6. The van der Waals surface area contributed by atoms with Gasteiger partial charge in [0.1, 0.15) is 23.9 Å². The van der Waals surface area contributed by atoms with Crippen LogP contribution in [-0.2, 0) is 35.2 Å². The average molecular weight is 557 g/mol. The number of phenols is 1. The summed E-state index contributed by atoms with van der Waals surface area (Å²) in [7, 11) is 0. The van der Waals surface area contributed by atoms with E-state index in [0.29, 0.717) is 11.3 Å². The van der Waals surface area contributed by atoms with E-state index in [2.05, 4.69) is 16.0 Å². The number of carbonyl (C=O) groups excluding carboxylic acids is 3. The predicted molar refractivity (Wildman–Crippen MR) is 135 cm³/mol. The lowest BCUT2D eigenvalue weighted by Crippen LogP contribution is -2.57. The van der Waals surface area contributed by atoms with Crippen molar-refractivity contribution in [1.82, 2.24) is 16.0 Å². The molecular formula is C23H32N4O10S. The summed E-state index contributed by atoms with van der Waals surface area (Å²) in [5, 5.41) is 43.5. The van der Waals surface area contributed by atoms with E-state index < -0.39 is 66.2 Å². The monoisotopic (exact) mass is 556 g/mol. The third-order valence-corrected chi connectivity index (χ3v) is 5.90. The molecule has 0 heterocycles. The SMILES string of the molecule is CSCCC(NC(=O)C(Cc1ccc(O)cc1)NC(=O)C(N)CCC(=O)O)C(=O)NC(CC(=O)O)C(=O)O. The number of thioether (sulfide) groups is 1. The van der Waals surface area contributed by atoms with Crippen LogP contribution in [0.1, 0.15) is 31.2 Å². The van der Waals surface area contributed by atoms with E-state index in [9.17, 15) is 39.0 Å². The Morgan fingerprint density at radius 1 is 0.816 bits per heavy atom. The number of phenolic OH excluding ortho intramolecular Hbond substituents is 1. The molecule has 210 valence electrons. The largest absolute Gasteiger partial charge is 0.508 e. The summed E-state index contributed by atoms with van der Waals surface area (Å²) in [6.07, 6.45) is 0.286. The van der Waals surface area contributed by atoms with Gasteiger partial charge in [0.25, 0.3) is 0 Å². The number of carboxylic acid groups (broad SMARTS) is 3. The average Bonchev–Trinajstić information content (AvgIpc) is 2.84. The van der Waals surface area contributed by atoms with Crippen molar-refractivity contribution in [1.29, 1.82) is 0 Å². The Bertz CT molecular complexity index is 1000. The van der Waals surface area contributed by atoms with Crippen molar-refractivity contribution >= 4 is 47.4 Å². The summed E-state index contributed by atoms with van der Waals surface area (Å²) >= 11 is 1.35. The molecule has 0 aliphatic rings. The summed E-state index contributed by atoms with van der Waals surface area (Å²) < 4.78 is 0. The van der Waals surface area contributed by atoms with Crippen LogP contribution in [0.4, 0.5) is 0 Å². The first-order valence-electron chi connectivity index (χ1n) is 11.4. The van der Waals surface area contributed by atoms with Crippen LogP contribution in [0, 0.1) is 0 Å². The van der Waals surface area contributed by atoms with E-state index in [4.69, 9.17) is 15.9 Å². The summed E-state index contributed by atoms with van der Waals surface area (Å²) in [5.41, 5.74) is 6.28. The van der Waals surface area contributed by atoms with Crippen LogP contribution in [0.15, 0.2) is 24.3 Å². The van der Waals surface area contributed by atoms with Gasteiger partial charge < -0.3 is 42.1 Å². The topological polar surface area (TPSA) is 245 Å².